The zero-order valence-electron chi connectivity index (χ0n) is 50.3. The molecule has 0 aliphatic heterocycles. The number of carbonyl (C=O) groups is 3. The first-order valence-corrected chi connectivity index (χ1v) is 34.4. The van der Waals surface area contributed by atoms with Crippen LogP contribution in [-0.2, 0) is 42.2 Å². The maximum absolute atomic E-state index is 13.0. The first kappa shape index (κ1) is 74.5. The molecule has 76 heavy (non-hydrogen) atoms. The molecule has 0 bridgehead atoms. The van der Waals surface area contributed by atoms with Gasteiger partial charge in [0.2, 0.25) is 0 Å². The number of hydrogen-bond donors (Lipinski definition) is 2. The van der Waals surface area contributed by atoms with E-state index in [1.165, 1.54) is 238 Å². The second-order valence-corrected chi connectivity index (χ2v) is 24.1. The molecule has 0 aromatic heterocycles. The minimum Gasteiger partial charge on any atom is -0.462 e. The Labute approximate surface area is 469 Å². The third-order valence-electron chi connectivity index (χ3n) is 15.0. The van der Waals surface area contributed by atoms with Crippen LogP contribution in [0.4, 0.5) is 0 Å². The van der Waals surface area contributed by atoms with Crippen molar-refractivity contribution in [2.24, 2.45) is 0 Å². The van der Waals surface area contributed by atoms with E-state index in [9.17, 15) is 28.9 Å². The summed E-state index contributed by atoms with van der Waals surface area (Å²) in [4.78, 5) is 48.7. The average molecular weight is 1100 g/mol. The fraction of sp³-hybridized carbons (Fsp3) is 0.953. The molecule has 0 saturated heterocycles. The molecule has 0 aromatic rings. The summed E-state index contributed by atoms with van der Waals surface area (Å²) in [5, 5.41) is 9.84. The van der Waals surface area contributed by atoms with Crippen LogP contribution in [0.25, 0.3) is 0 Å². The minimum absolute atomic E-state index is 0.179. The number of esters is 3. The van der Waals surface area contributed by atoms with Crippen LogP contribution < -0.4 is 0 Å². The Morgan fingerprint density at radius 2 is 0.526 bits per heavy atom. The Kier molecular flexibility index (Phi) is 58.4. The highest BCUT2D eigenvalue weighted by Crippen LogP contribution is 2.43. The number of unbranched alkanes of at least 4 members (excludes halogenated alkanes) is 46. The van der Waals surface area contributed by atoms with Gasteiger partial charge in [0.25, 0.3) is 0 Å². The van der Waals surface area contributed by atoms with Crippen LogP contribution in [0.3, 0.4) is 0 Å². The molecule has 0 saturated carbocycles. The number of aliphatic hydroxyl groups excluding tert-OH is 1. The second-order valence-electron chi connectivity index (χ2n) is 22.7. The highest BCUT2D eigenvalue weighted by atomic mass is 31.2. The van der Waals surface area contributed by atoms with Gasteiger partial charge in [0.05, 0.1) is 19.8 Å². The molecule has 0 amide bonds. The molecule has 452 valence electrons. The Morgan fingerprint density at radius 1 is 0.316 bits per heavy atom. The van der Waals surface area contributed by atoms with E-state index in [-0.39, 0.29) is 25.9 Å². The lowest BCUT2D eigenvalue weighted by Gasteiger charge is -2.21. The molecule has 0 aliphatic carbocycles. The van der Waals surface area contributed by atoms with Gasteiger partial charge in [-0.25, -0.2) is 4.57 Å². The molecule has 0 heterocycles. The number of carbonyl (C=O) groups excluding carboxylic acids is 3. The quantitative estimate of drug-likeness (QED) is 0.0259. The van der Waals surface area contributed by atoms with Gasteiger partial charge in [-0.1, -0.05) is 316 Å². The minimum atomic E-state index is -4.74. The molecule has 2 N–H and O–H groups in total. The molecular formula is C64H125O11P. The first-order chi connectivity index (χ1) is 37.2. The van der Waals surface area contributed by atoms with E-state index in [1.54, 1.807) is 0 Å². The van der Waals surface area contributed by atoms with E-state index in [0.29, 0.717) is 19.3 Å². The zero-order valence-corrected chi connectivity index (χ0v) is 51.2. The van der Waals surface area contributed by atoms with Crippen molar-refractivity contribution in [2.45, 2.75) is 367 Å². The number of phosphoric acid groups is 1. The Bertz CT molecular complexity index is 1280. The summed E-state index contributed by atoms with van der Waals surface area (Å²) in [6.45, 7) is 4.75. The molecule has 0 rings (SSSR count). The Hall–Kier alpha value is -1.52. The van der Waals surface area contributed by atoms with Gasteiger partial charge < -0.3 is 24.2 Å². The Balaban J connectivity index is 4.62. The molecule has 11 nitrogen and oxygen atoms in total. The predicted octanol–water partition coefficient (Wildman–Crippen LogP) is 19.8. The molecule has 0 aromatic carbocycles. The molecule has 0 aliphatic rings. The molecular weight excluding hydrogens is 976 g/mol. The summed E-state index contributed by atoms with van der Waals surface area (Å²) in [7, 11) is -4.74. The fourth-order valence-electron chi connectivity index (χ4n) is 10.0. The number of aliphatic hydroxyl groups is 1. The summed E-state index contributed by atoms with van der Waals surface area (Å²) in [6, 6.07) is 0. The lowest BCUT2D eigenvalue weighted by atomic mass is 10.0. The van der Waals surface area contributed by atoms with E-state index in [4.69, 9.17) is 23.3 Å². The van der Waals surface area contributed by atoms with Crippen molar-refractivity contribution in [1.82, 2.24) is 0 Å². The normalized spacial score (nSPS) is 13.2. The monoisotopic (exact) mass is 1100 g/mol. The SMILES string of the molecule is CCCCCCCCCCCCCCCCCCCCCC(=O)OCC(COP(=O)(O)OCC(CO)OC(=O)CCCCCCCCCCCCCCC)OC(=O)CCCCCCCCCCCCCCCCCCC. The first-order valence-electron chi connectivity index (χ1n) is 32.9. The van der Waals surface area contributed by atoms with Crippen LogP contribution in [0.2, 0.25) is 0 Å². The molecule has 3 unspecified atom stereocenters. The van der Waals surface area contributed by atoms with Crippen LogP contribution in [0.15, 0.2) is 0 Å². The van der Waals surface area contributed by atoms with Crippen LogP contribution in [0.5, 0.6) is 0 Å². The van der Waals surface area contributed by atoms with Crippen molar-refractivity contribution in [3.05, 3.63) is 0 Å². The number of ether oxygens (including phenoxy) is 3. The van der Waals surface area contributed by atoms with Gasteiger partial charge in [0, 0.05) is 19.3 Å². The van der Waals surface area contributed by atoms with Gasteiger partial charge >= 0.3 is 25.7 Å². The summed E-state index contributed by atoms with van der Waals surface area (Å²) in [5.74, 6) is -1.42. The van der Waals surface area contributed by atoms with Crippen LogP contribution in [0.1, 0.15) is 355 Å². The van der Waals surface area contributed by atoms with Gasteiger partial charge in [-0.05, 0) is 19.3 Å². The standard InChI is InChI=1S/C64H125O11P/c1-4-7-10-13-16-19-22-25-27-29-30-32-33-36-38-41-44-47-50-53-62(66)71-57-61(75-64(68)55-52-49-46-43-40-37-34-31-28-26-23-20-17-14-11-8-5-2)59-73-76(69,70)72-58-60(56-65)74-63(67)54-51-48-45-42-39-35-24-21-18-15-12-9-6-3/h60-61,65H,4-59H2,1-3H3,(H,69,70). The third-order valence-corrected chi connectivity index (χ3v) is 16.0. The molecule has 0 radical (unpaired) electrons. The second kappa shape index (κ2) is 59.6. The lowest BCUT2D eigenvalue weighted by Crippen LogP contribution is -2.30. The van der Waals surface area contributed by atoms with Crippen LogP contribution in [0, 0.1) is 0 Å². The van der Waals surface area contributed by atoms with Crippen molar-refractivity contribution in [2.75, 3.05) is 26.4 Å². The van der Waals surface area contributed by atoms with Crippen molar-refractivity contribution in [1.29, 1.82) is 0 Å². The van der Waals surface area contributed by atoms with Crippen molar-refractivity contribution in [3.63, 3.8) is 0 Å². The number of phosphoric ester groups is 1. The van der Waals surface area contributed by atoms with Crippen molar-refractivity contribution in [3.8, 4) is 0 Å². The molecule has 3 atom stereocenters. The summed E-state index contributed by atoms with van der Waals surface area (Å²) in [5.41, 5.74) is 0. The van der Waals surface area contributed by atoms with Gasteiger partial charge in [0.15, 0.2) is 6.10 Å². The van der Waals surface area contributed by atoms with Crippen molar-refractivity contribution >= 4 is 25.7 Å². The van der Waals surface area contributed by atoms with Crippen LogP contribution in [-0.4, -0.2) is 66.5 Å². The summed E-state index contributed by atoms with van der Waals surface area (Å²) >= 11 is 0. The van der Waals surface area contributed by atoms with Gasteiger partial charge in [-0.3, -0.25) is 23.4 Å². The fourth-order valence-corrected chi connectivity index (χ4v) is 10.8. The van der Waals surface area contributed by atoms with Gasteiger partial charge in [-0.15, -0.1) is 0 Å². The maximum Gasteiger partial charge on any atom is 0.472 e. The highest BCUT2D eigenvalue weighted by molar-refractivity contribution is 7.47. The molecule has 0 fully saturated rings. The van der Waals surface area contributed by atoms with Crippen molar-refractivity contribution < 1.29 is 52.2 Å². The van der Waals surface area contributed by atoms with E-state index in [1.807, 2.05) is 0 Å². The van der Waals surface area contributed by atoms with Gasteiger partial charge in [-0.2, -0.15) is 0 Å². The number of rotatable bonds is 63. The zero-order chi connectivity index (χ0) is 55.5. The predicted molar refractivity (Wildman–Crippen MR) is 317 cm³/mol. The van der Waals surface area contributed by atoms with Crippen LogP contribution >= 0.6 is 7.82 Å². The van der Waals surface area contributed by atoms with Gasteiger partial charge in [0.1, 0.15) is 12.7 Å². The lowest BCUT2D eigenvalue weighted by molar-refractivity contribution is -0.161. The number of hydrogen-bond acceptors (Lipinski definition) is 10. The third kappa shape index (κ3) is 57.2. The largest absolute Gasteiger partial charge is 0.472 e. The smallest absolute Gasteiger partial charge is 0.462 e. The molecule has 12 heteroatoms. The Morgan fingerprint density at radius 3 is 0.776 bits per heavy atom. The molecule has 0 spiro atoms. The summed E-state index contributed by atoms with van der Waals surface area (Å²) in [6.07, 6.45) is 59.1. The van der Waals surface area contributed by atoms with E-state index >= 15 is 0 Å². The highest BCUT2D eigenvalue weighted by Gasteiger charge is 2.28. The van der Waals surface area contributed by atoms with E-state index < -0.39 is 57.8 Å². The average Bonchev–Trinajstić information content (AvgIpc) is 3.41. The van der Waals surface area contributed by atoms with E-state index in [0.717, 1.165) is 57.8 Å². The topological polar surface area (TPSA) is 155 Å². The summed E-state index contributed by atoms with van der Waals surface area (Å²) < 4.78 is 39.7. The van der Waals surface area contributed by atoms with E-state index in [2.05, 4.69) is 20.8 Å². The maximum atomic E-state index is 13.0.